The van der Waals surface area contributed by atoms with Crippen LogP contribution in [0.1, 0.15) is 29.3 Å². The summed E-state index contributed by atoms with van der Waals surface area (Å²) in [6, 6.07) is 10.6. The van der Waals surface area contributed by atoms with Crippen molar-refractivity contribution in [2.75, 3.05) is 5.43 Å². The standard InChI is InChI=1S/C15H14N4S/c16-19-14-12-7-8-20-15(12)18-13(17-14)11-6-5-9-3-1-2-4-10(9)11/h1-4,7-8,11H,5-6,16H2,(H,17,18,19). The summed E-state index contributed by atoms with van der Waals surface area (Å²) in [6.45, 7) is 0. The van der Waals surface area contributed by atoms with Crippen molar-refractivity contribution in [1.29, 1.82) is 0 Å². The molecule has 0 saturated heterocycles. The van der Waals surface area contributed by atoms with Crippen molar-refractivity contribution < 1.29 is 0 Å². The number of hydrazine groups is 1. The topological polar surface area (TPSA) is 63.8 Å². The zero-order chi connectivity index (χ0) is 13.5. The molecule has 20 heavy (non-hydrogen) atoms. The van der Waals surface area contributed by atoms with Gasteiger partial charge in [0.25, 0.3) is 0 Å². The number of hydrogen-bond donors (Lipinski definition) is 2. The maximum absolute atomic E-state index is 5.60. The number of fused-ring (bicyclic) bond motifs is 2. The molecule has 0 aliphatic heterocycles. The van der Waals surface area contributed by atoms with E-state index in [1.807, 2.05) is 11.4 Å². The Kier molecular flexibility index (Phi) is 2.68. The Morgan fingerprint density at radius 2 is 2.10 bits per heavy atom. The Morgan fingerprint density at radius 3 is 3.00 bits per heavy atom. The Morgan fingerprint density at radius 1 is 1.20 bits per heavy atom. The van der Waals surface area contributed by atoms with Gasteiger partial charge in [-0.1, -0.05) is 24.3 Å². The van der Waals surface area contributed by atoms with Crippen LogP contribution in [0.15, 0.2) is 35.7 Å². The van der Waals surface area contributed by atoms with Gasteiger partial charge in [-0.15, -0.1) is 11.3 Å². The van der Waals surface area contributed by atoms with E-state index in [1.54, 1.807) is 11.3 Å². The predicted octanol–water partition coefficient (Wildman–Crippen LogP) is 3.06. The van der Waals surface area contributed by atoms with Gasteiger partial charge in [-0.05, 0) is 35.4 Å². The van der Waals surface area contributed by atoms with Crippen LogP contribution in [-0.4, -0.2) is 9.97 Å². The van der Waals surface area contributed by atoms with Crippen LogP contribution in [0.5, 0.6) is 0 Å². The number of nitrogens with one attached hydrogen (secondary N) is 1. The molecule has 3 N–H and O–H groups in total. The summed E-state index contributed by atoms with van der Waals surface area (Å²) in [7, 11) is 0. The zero-order valence-corrected chi connectivity index (χ0v) is 11.7. The number of nitrogens with zero attached hydrogens (tertiary/aromatic N) is 2. The molecular formula is C15H14N4S. The van der Waals surface area contributed by atoms with Crippen molar-refractivity contribution in [1.82, 2.24) is 9.97 Å². The molecule has 4 nitrogen and oxygen atoms in total. The highest BCUT2D eigenvalue weighted by Gasteiger charge is 2.26. The Labute approximate surface area is 120 Å². The fourth-order valence-corrected chi connectivity index (χ4v) is 3.73. The molecule has 1 aromatic carbocycles. The number of rotatable bonds is 2. The third-order valence-corrected chi connectivity index (χ3v) is 4.73. The van der Waals surface area contributed by atoms with Crippen LogP contribution in [0.2, 0.25) is 0 Å². The molecule has 0 bridgehead atoms. The maximum Gasteiger partial charge on any atom is 0.152 e. The second kappa shape index (κ2) is 4.54. The van der Waals surface area contributed by atoms with E-state index < -0.39 is 0 Å². The first kappa shape index (κ1) is 11.8. The molecule has 0 spiro atoms. The molecule has 2 aromatic heterocycles. The van der Waals surface area contributed by atoms with Gasteiger partial charge in [0.05, 0.1) is 5.39 Å². The van der Waals surface area contributed by atoms with E-state index in [0.717, 1.165) is 34.7 Å². The van der Waals surface area contributed by atoms with Crippen molar-refractivity contribution >= 4 is 27.4 Å². The van der Waals surface area contributed by atoms with Crippen LogP contribution in [0.25, 0.3) is 10.2 Å². The van der Waals surface area contributed by atoms with Crippen LogP contribution >= 0.6 is 11.3 Å². The molecule has 0 fully saturated rings. The average molecular weight is 282 g/mol. The van der Waals surface area contributed by atoms with Gasteiger partial charge in [0.1, 0.15) is 10.7 Å². The van der Waals surface area contributed by atoms with Crippen molar-refractivity contribution in [3.63, 3.8) is 0 Å². The lowest BCUT2D eigenvalue weighted by Gasteiger charge is -2.12. The van der Waals surface area contributed by atoms with E-state index in [9.17, 15) is 0 Å². The number of nitrogens with two attached hydrogens (primary N) is 1. The SMILES string of the molecule is NNc1nc(C2CCc3ccccc32)nc2sccc12. The van der Waals surface area contributed by atoms with Gasteiger partial charge in [0.15, 0.2) is 5.82 Å². The summed E-state index contributed by atoms with van der Waals surface area (Å²) >= 11 is 1.62. The summed E-state index contributed by atoms with van der Waals surface area (Å²) in [5.41, 5.74) is 5.46. The maximum atomic E-state index is 5.60. The second-order valence-corrected chi connectivity index (χ2v) is 5.90. The van der Waals surface area contributed by atoms with Gasteiger partial charge >= 0.3 is 0 Å². The van der Waals surface area contributed by atoms with Crippen LogP contribution in [0, 0.1) is 0 Å². The van der Waals surface area contributed by atoms with E-state index in [2.05, 4.69) is 34.7 Å². The highest BCUT2D eigenvalue weighted by atomic mass is 32.1. The Bertz CT molecular complexity index is 780. The van der Waals surface area contributed by atoms with E-state index in [-0.39, 0.29) is 5.92 Å². The van der Waals surface area contributed by atoms with Crippen molar-refractivity contribution in [3.8, 4) is 0 Å². The number of aryl methyl sites for hydroxylation is 1. The molecule has 2 heterocycles. The van der Waals surface area contributed by atoms with Gasteiger partial charge in [-0.25, -0.2) is 15.8 Å². The monoisotopic (exact) mass is 282 g/mol. The minimum Gasteiger partial charge on any atom is -0.308 e. The van der Waals surface area contributed by atoms with Gasteiger partial charge in [0, 0.05) is 5.92 Å². The summed E-state index contributed by atoms with van der Waals surface area (Å²) < 4.78 is 0. The van der Waals surface area contributed by atoms with Crippen LogP contribution in [0.4, 0.5) is 5.82 Å². The summed E-state index contributed by atoms with van der Waals surface area (Å²) in [6.07, 6.45) is 2.16. The number of benzene rings is 1. The molecule has 1 aliphatic carbocycles. The highest BCUT2D eigenvalue weighted by molar-refractivity contribution is 7.16. The predicted molar refractivity (Wildman–Crippen MR) is 81.8 cm³/mol. The fraction of sp³-hybridized carbons (Fsp3) is 0.200. The summed E-state index contributed by atoms with van der Waals surface area (Å²) in [5, 5.41) is 3.01. The van der Waals surface area contributed by atoms with E-state index in [4.69, 9.17) is 10.8 Å². The zero-order valence-electron chi connectivity index (χ0n) is 10.8. The minimum atomic E-state index is 0.282. The van der Waals surface area contributed by atoms with Gasteiger partial charge in [-0.3, -0.25) is 0 Å². The highest BCUT2D eigenvalue weighted by Crippen LogP contribution is 2.38. The second-order valence-electron chi connectivity index (χ2n) is 5.00. The number of anilines is 1. The fourth-order valence-electron chi connectivity index (χ4n) is 2.96. The van der Waals surface area contributed by atoms with Crippen molar-refractivity contribution in [3.05, 3.63) is 52.7 Å². The number of nitrogen functional groups attached to an aromatic ring is 1. The Balaban J connectivity index is 1.87. The van der Waals surface area contributed by atoms with E-state index >= 15 is 0 Å². The molecule has 0 amide bonds. The molecular weight excluding hydrogens is 268 g/mol. The molecule has 100 valence electrons. The average Bonchev–Trinajstić information content (AvgIpc) is 3.12. The number of aromatic nitrogens is 2. The van der Waals surface area contributed by atoms with Crippen LogP contribution < -0.4 is 11.3 Å². The molecule has 4 rings (SSSR count). The third-order valence-electron chi connectivity index (χ3n) is 3.92. The molecule has 1 aliphatic rings. The first-order valence-electron chi connectivity index (χ1n) is 6.66. The first-order valence-corrected chi connectivity index (χ1v) is 7.54. The first-order chi connectivity index (χ1) is 9.86. The lowest BCUT2D eigenvalue weighted by atomic mass is 10.0. The quantitative estimate of drug-likeness (QED) is 0.560. The largest absolute Gasteiger partial charge is 0.308 e. The van der Waals surface area contributed by atoms with Crippen LogP contribution in [0.3, 0.4) is 0 Å². The number of thiophene rings is 1. The molecule has 1 unspecified atom stereocenters. The summed E-state index contributed by atoms with van der Waals surface area (Å²) in [5.74, 6) is 7.48. The van der Waals surface area contributed by atoms with Gasteiger partial charge in [0.2, 0.25) is 0 Å². The van der Waals surface area contributed by atoms with Crippen molar-refractivity contribution in [2.24, 2.45) is 5.84 Å². The minimum absolute atomic E-state index is 0.282. The lowest BCUT2D eigenvalue weighted by Crippen LogP contribution is -2.12. The van der Waals surface area contributed by atoms with Gasteiger partial charge < -0.3 is 5.43 Å². The smallest absolute Gasteiger partial charge is 0.152 e. The van der Waals surface area contributed by atoms with E-state index in [0.29, 0.717) is 0 Å². The molecule has 1 atom stereocenters. The lowest BCUT2D eigenvalue weighted by molar-refractivity contribution is 0.736. The molecule has 0 saturated carbocycles. The molecule has 3 aromatic rings. The molecule has 5 heteroatoms. The van der Waals surface area contributed by atoms with Crippen LogP contribution in [-0.2, 0) is 6.42 Å². The van der Waals surface area contributed by atoms with Gasteiger partial charge in [-0.2, -0.15) is 0 Å². The van der Waals surface area contributed by atoms with E-state index in [1.165, 1.54) is 11.1 Å². The Hall–Kier alpha value is -1.98. The normalized spacial score (nSPS) is 17.4. The number of hydrogen-bond acceptors (Lipinski definition) is 5. The third kappa shape index (κ3) is 1.71. The molecule has 0 radical (unpaired) electrons. The summed E-state index contributed by atoms with van der Waals surface area (Å²) in [4.78, 5) is 10.4. The van der Waals surface area contributed by atoms with Crippen molar-refractivity contribution in [2.45, 2.75) is 18.8 Å².